The smallest absolute Gasteiger partial charge is 0.227 e. The molecule has 0 atom stereocenters. The summed E-state index contributed by atoms with van der Waals surface area (Å²) in [6.45, 7) is 0.649. The molecule has 0 fully saturated rings. The van der Waals surface area contributed by atoms with Crippen LogP contribution in [0.4, 0.5) is 11.6 Å². The molecule has 0 unspecified atom stereocenters. The number of carbonyl (C=O) groups is 1. The number of aromatic nitrogens is 2. The minimum atomic E-state index is 0. The lowest BCUT2D eigenvalue weighted by molar-refractivity contribution is -0.115. The number of rotatable bonds is 0. The van der Waals surface area contributed by atoms with Gasteiger partial charge in [-0.2, -0.15) is 0 Å². The first-order valence-corrected chi connectivity index (χ1v) is 3.82. The van der Waals surface area contributed by atoms with Crippen LogP contribution in [0.15, 0.2) is 6.33 Å². The zero-order valence-electron chi connectivity index (χ0n) is 6.79. The van der Waals surface area contributed by atoms with Gasteiger partial charge in [0.15, 0.2) is 11.6 Å². The molecule has 0 aromatic carbocycles. The van der Waals surface area contributed by atoms with E-state index in [1.165, 1.54) is 0 Å². The molecule has 2 heterocycles. The largest absolute Gasteiger partial charge is 0.366 e. The summed E-state index contributed by atoms with van der Waals surface area (Å²) in [5.41, 5.74) is 0. The number of fused-ring (bicyclic) bond motifs is 1. The Morgan fingerprint density at radius 2 is 2.58 bits per heavy atom. The van der Waals surface area contributed by atoms with E-state index in [0.717, 1.165) is 11.6 Å². The lowest BCUT2D eigenvalue weighted by Crippen LogP contribution is -2.13. The van der Waals surface area contributed by atoms with Crippen molar-refractivity contribution in [2.75, 3.05) is 17.2 Å². The molecule has 0 spiro atoms. The van der Waals surface area contributed by atoms with E-state index in [1.807, 2.05) is 7.05 Å². The average Bonchev–Trinajstić information content (AvgIpc) is 2.31. The number of aryl methyl sites for hydroxylation is 1. The average molecular weight is 170 g/mol. The van der Waals surface area contributed by atoms with Crippen molar-refractivity contribution in [3.8, 4) is 0 Å². The van der Waals surface area contributed by atoms with Crippen LogP contribution < -0.4 is 10.6 Å². The summed E-state index contributed by atoms with van der Waals surface area (Å²) in [6.07, 6.45) is 2.17. The molecule has 1 amide bonds. The molecule has 1 aromatic heterocycles. The number of anilines is 2. The summed E-state index contributed by atoms with van der Waals surface area (Å²) in [5.74, 6) is 1.53. The van der Waals surface area contributed by atoms with Gasteiger partial charge in [-0.25, -0.2) is 4.98 Å². The van der Waals surface area contributed by atoms with Gasteiger partial charge in [-0.05, 0) is 0 Å². The maximum atomic E-state index is 11.1. The summed E-state index contributed by atoms with van der Waals surface area (Å²) < 4.78 is 1.78. The molecular formula is C7H14N4O. The number of hydrogen-bond acceptors (Lipinski definition) is 3. The van der Waals surface area contributed by atoms with Crippen LogP contribution in [0.1, 0.15) is 9.27 Å². The lowest BCUT2D eigenvalue weighted by atomic mass is 10.4. The van der Waals surface area contributed by atoms with Gasteiger partial charge in [-0.15, -0.1) is 0 Å². The first-order valence-electron chi connectivity index (χ1n) is 3.82. The Balaban J connectivity index is 0.000000845. The highest BCUT2D eigenvalue weighted by atomic mass is 16.1. The third-order valence-corrected chi connectivity index (χ3v) is 1.84. The normalized spacial score (nSPS) is 15.9. The van der Waals surface area contributed by atoms with E-state index in [1.54, 1.807) is 10.9 Å². The molecule has 5 nitrogen and oxygen atoms in total. The predicted octanol–water partition coefficient (Wildman–Crippen LogP) is 0.666. The minimum Gasteiger partial charge on any atom is -0.366 e. The number of hydrogen-bond donors (Lipinski definition) is 2. The standard InChI is InChI=1S/C7H10N4O.2H2/c1-11-4-9-6-7(11)10-5(12)2-3-8-6;;/h4,8H,2-3H2,1H3,(H,10,12);2*1H. The summed E-state index contributed by atoms with van der Waals surface area (Å²) >= 11 is 0. The van der Waals surface area contributed by atoms with Gasteiger partial charge >= 0.3 is 0 Å². The van der Waals surface area contributed by atoms with Crippen LogP contribution in [0, 0.1) is 0 Å². The SMILES string of the molecule is Cn1cnc2c1NC(=O)CCN2.[HH].[HH]. The van der Waals surface area contributed by atoms with Crippen LogP contribution in [0.5, 0.6) is 0 Å². The van der Waals surface area contributed by atoms with Crippen molar-refractivity contribution in [2.45, 2.75) is 6.42 Å². The van der Waals surface area contributed by atoms with Crippen molar-refractivity contribution in [3.05, 3.63) is 6.33 Å². The fourth-order valence-corrected chi connectivity index (χ4v) is 1.20. The molecule has 1 aliphatic rings. The van der Waals surface area contributed by atoms with Gasteiger partial charge in [-0.3, -0.25) is 4.79 Å². The van der Waals surface area contributed by atoms with Crippen LogP contribution in [0.2, 0.25) is 0 Å². The number of nitrogens with zero attached hydrogens (tertiary/aromatic N) is 2. The van der Waals surface area contributed by atoms with Crippen LogP contribution in [0.3, 0.4) is 0 Å². The van der Waals surface area contributed by atoms with Crippen LogP contribution >= 0.6 is 0 Å². The quantitative estimate of drug-likeness (QED) is 0.601. The molecule has 0 radical (unpaired) electrons. The fourth-order valence-electron chi connectivity index (χ4n) is 1.20. The molecule has 5 heteroatoms. The summed E-state index contributed by atoms with van der Waals surface area (Å²) in [6, 6.07) is 0. The minimum absolute atomic E-state index is 0. The molecule has 2 N–H and O–H groups in total. The van der Waals surface area contributed by atoms with E-state index in [0.29, 0.717) is 13.0 Å². The predicted molar refractivity (Wildman–Crippen MR) is 49.2 cm³/mol. The van der Waals surface area contributed by atoms with E-state index < -0.39 is 0 Å². The zero-order valence-corrected chi connectivity index (χ0v) is 6.79. The van der Waals surface area contributed by atoms with Crippen molar-refractivity contribution in [2.24, 2.45) is 7.05 Å². The molecule has 12 heavy (non-hydrogen) atoms. The van der Waals surface area contributed by atoms with E-state index in [-0.39, 0.29) is 8.76 Å². The molecule has 1 aromatic rings. The van der Waals surface area contributed by atoms with E-state index in [4.69, 9.17) is 0 Å². The van der Waals surface area contributed by atoms with E-state index in [9.17, 15) is 4.79 Å². The highest BCUT2D eigenvalue weighted by molar-refractivity contribution is 5.94. The topological polar surface area (TPSA) is 59.0 Å². The monoisotopic (exact) mass is 170 g/mol. The van der Waals surface area contributed by atoms with Crippen LogP contribution in [-0.4, -0.2) is 22.0 Å². The van der Waals surface area contributed by atoms with Gasteiger partial charge in [-0.1, -0.05) is 0 Å². The molecule has 1 aliphatic heterocycles. The molecule has 0 saturated carbocycles. The van der Waals surface area contributed by atoms with Gasteiger partial charge in [0, 0.05) is 22.9 Å². The van der Waals surface area contributed by atoms with Gasteiger partial charge in [0.25, 0.3) is 0 Å². The Morgan fingerprint density at radius 1 is 1.75 bits per heavy atom. The molecule has 0 aliphatic carbocycles. The summed E-state index contributed by atoms with van der Waals surface area (Å²) in [7, 11) is 1.85. The zero-order chi connectivity index (χ0) is 8.55. The third kappa shape index (κ3) is 1.03. The molecule has 68 valence electrons. The second kappa shape index (κ2) is 2.51. The maximum absolute atomic E-state index is 11.1. The summed E-state index contributed by atoms with van der Waals surface area (Å²) in [5, 5.41) is 5.83. The van der Waals surface area contributed by atoms with Crippen molar-refractivity contribution in [1.29, 1.82) is 0 Å². The van der Waals surface area contributed by atoms with E-state index in [2.05, 4.69) is 15.6 Å². The van der Waals surface area contributed by atoms with Crippen LogP contribution in [-0.2, 0) is 11.8 Å². The highest BCUT2D eigenvalue weighted by Gasteiger charge is 2.15. The molecule has 2 rings (SSSR count). The first-order chi connectivity index (χ1) is 5.77. The lowest BCUT2D eigenvalue weighted by Gasteiger charge is -2.01. The van der Waals surface area contributed by atoms with Crippen LogP contribution in [0.25, 0.3) is 0 Å². The number of amides is 1. The Morgan fingerprint density at radius 3 is 3.42 bits per heavy atom. The Kier molecular flexibility index (Phi) is 1.49. The second-order valence-corrected chi connectivity index (χ2v) is 2.78. The number of nitrogens with one attached hydrogen (secondary N) is 2. The number of carbonyl (C=O) groups excluding carboxylic acids is 1. The van der Waals surface area contributed by atoms with Gasteiger partial charge in [0.1, 0.15) is 0 Å². The number of imidazole rings is 1. The fraction of sp³-hybridized carbons (Fsp3) is 0.429. The van der Waals surface area contributed by atoms with Gasteiger partial charge < -0.3 is 15.2 Å². The van der Waals surface area contributed by atoms with Crippen molar-refractivity contribution in [1.82, 2.24) is 9.55 Å². The maximum Gasteiger partial charge on any atom is 0.227 e. The Labute approximate surface area is 72.8 Å². The Bertz CT molecular complexity index is 325. The third-order valence-electron chi connectivity index (χ3n) is 1.84. The first kappa shape index (κ1) is 7.15. The van der Waals surface area contributed by atoms with Gasteiger partial charge in [0.2, 0.25) is 5.91 Å². The molecular weight excluding hydrogens is 156 g/mol. The van der Waals surface area contributed by atoms with E-state index >= 15 is 0 Å². The van der Waals surface area contributed by atoms with Crippen molar-refractivity contribution in [3.63, 3.8) is 0 Å². The second-order valence-electron chi connectivity index (χ2n) is 2.78. The summed E-state index contributed by atoms with van der Waals surface area (Å²) in [4.78, 5) is 15.2. The molecule has 0 saturated heterocycles. The van der Waals surface area contributed by atoms with Gasteiger partial charge in [0.05, 0.1) is 6.33 Å². The Hall–Kier alpha value is -1.52. The van der Waals surface area contributed by atoms with Crippen molar-refractivity contribution >= 4 is 17.5 Å². The molecule has 0 bridgehead atoms. The van der Waals surface area contributed by atoms with Crippen molar-refractivity contribution < 1.29 is 7.65 Å². The highest BCUT2D eigenvalue weighted by Crippen LogP contribution is 2.20.